The lowest BCUT2D eigenvalue weighted by Crippen LogP contribution is -2.42. The van der Waals surface area contributed by atoms with E-state index in [0.717, 1.165) is 65.5 Å². The number of piperidine rings is 1. The Balaban J connectivity index is 1.42. The predicted octanol–water partition coefficient (Wildman–Crippen LogP) is 3.45. The fourth-order valence-corrected chi connectivity index (χ4v) is 4.75. The minimum absolute atomic E-state index is 0.0753. The number of amides is 1. The lowest BCUT2D eigenvalue weighted by molar-refractivity contribution is -0.122. The zero-order valence-electron chi connectivity index (χ0n) is 19.7. The number of hydrogen-bond acceptors (Lipinski definition) is 5. The summed E-state index contributed by atoms with van der Waals surface area (Å²) in [5.74, 6) is -0.0753. The summed E-state index contributed by atoms with van der Waals surface area (Å²) in [6.07, 6.45) is 17.8. The van der Waals surface area contributed by atoms with Crippen LogP contribution in [0.5, 0.6) is 0 Å². The van der Waals surface area contributed by atoms with Crippen LogP contribution in [-0.4, -0.2) is 68.4 Å². The van der Waals surface area contributed by atoms with Crippen molar-refractivity contribution in [3.05, 3.63) is 83.4 Å². The number of rotatable bonds is 3. The van der Waals surface area contributed by atoms with Gasteiger partial charge in [0.05, 0.1) is 34.5 Å². The van der Waals surface area contributed by atoms with Crippen LogP contribution in [0.2, 0.25) is 0 Å². The number of carbonyl (C=O) groups is 1. The molecule has 2 aromatic heterocycles. The maximum Gasteiger partial charge on any atom is 0.255 e. The summed E-state index contributed by atoms with van der Waals surface area (Å²) in [6.45, 7) is 5.92. The molecule has 7 heteroatoms. The Bertz CT molecular complexity index is 1250. The van der Waals surface area contributed by atoms with Crippen LogP contribution in [0.3, 0.4) is 0 Å². The zero-order valence-corrected chi connectivity index (χ0v) is 19.7. The molecule has 5 rings (SSSR count). The molecule has 1 fully saturated rings. The number of nitrogens with zero attached hydrogens (tertiary/aromatic N) is 6. The third-order valence-electron chi connectivity index (χ3n) is 6.64. The van der Waals surface area contributed by atoms with Gasteiger partial charge >= 0.3 is 0 Å². The van der Waals surface area contributed by atoms with Crippen LogP contribution in [0.1, 0.15) is 29.9 Å². The lowest BCUT2D eigenvalue weighted by Gasteiger charge is -2.38. The quantitative estimate of drug-likeness (QED) is 0.729. The highest BCUT2D eigenvalue weighted by molar-refractivity contribution is 5.99. The third-order valence-corrected chi connectivity index (χ3v) is 6.64. The van der Waals surface area contributed by atoms with Crippen molar-refractivity contribution < 1.29 is 4.79 Å². The van der Waals surface area contributed by atoms with Crippen LogP contribution in [0, 0.1) is 13.8 Å². The zero-order chi connectivity index (χ0) is 23.1. The molecule has 1 amide bonds. The minimum atomic E-state index is -0.0753. The van der Waals surface area contributed by atoms with Gasteiger partial charge in [-0.15, -0.1) is 0 Å². The Morgan fingerprint density at radius 2 is 1.82 bits per heavy atom. The van der Waals surface area contributed by atoms with Gasteiger partial charge in [0.2, 0.25) is 0 Å². The van der Waals surface area contributed by atoms with E-state index in [9.17, 15) is 4.79 Å². The van der Waals surface area contributed by atoms with Crippen molar-refractivity contribution in [2.75, 3.05) is 27.2 Å². The third kappa shape index (κ3) is 4.16. The summed E-state index contributed by atoms with van der Waals surface area (Å²) < 4.78 is 1.84. The van der Waals surface area contributed by atoms with Crippen LogP contribution in [0.15, 0.2) is 66.3 Å². The summed E-state index contributed by atoms with van der Waals surface area (Å²) in [5.41, 5.74) is 6.27. The monoisotopic (exact) mass is 442 g/mol. The number of allylic oxidation sites excluding steroid dienone is 6. The Labute approximate surface area is 194 Å². The first-order valence-electron chi connectivity index (χ1n) is 11.5. The van der Waals surface area contributed by atoms with Gasteiger partial charge in [-0.1, -0.05) is 12.2 Å². The fraction of sp³-hybridized carbons (Fsp3) is 0.346. The van der Waals surface area contributed by atoms with E-state index >= 15 is 0 Å². The van der Waals surface area contributed by atoms with E-state index in [1.54, 1.807) is 11.0 Å². The summed E-state index contributed by atoms with van der Waals surface area (Å²) >= 11 is 0. The van der Waals surface area contributed by atoms with Gasteiger partial charge in [0.1, 0.15) is 0 Å². The first-order valence-corrected chi connectivity index (χ1v) is 11.5. The van der Waals surface area contributed by atoms with Crippen molar-refractivity contribution in [3.63, 3.8) is 0 Å². The minimum Gasteiger partial charge on any atom is -0.370 e. The van der Waals surface area contributed by atoms with Gasteiger partial charge in [-0.25, -0.2) is 4.52 Å². The van der Waals surface area contributed by atoms with Gasteiger partial charge < -0.3 is 9.80 Å². The molecule has 0 aromatic carbocycles. The van der Waals surface area contributed by atoms with Crippen LogP contribution in [0.25, 0.3) is 11.1 Å². The molecule has 3 aliphatic heterocycles. The highest BCUT2D eigenvalue weighted by Crippen LogP contribution is 2.27. The molecule has 0 saturated carbocycles. The number of carbonyl (C=O) groups excluding carboxylic acids is 1. The first kappa shape index (κ1) is 21.4. The van der Waals surface area contributed by atoms with Crippen molar-refractivity contribution >= 4 is 17.0 Å². The Morgan fingerprint density at radius 3 is 2.58 bits per heavy atom. The Morgan fingerprint density at radius 1 is 1.06 bits per heavy atom. The molecule has 170 valence electrons. The van der Waals surface area contributed by atoms with Crippen molar-refractivity contribution in [2.24, 2.45) is 0 Å². The van der Waals surface area contributed by atoms with E-state index in [1.165, 1.54) is 0 Å². The van der Waals surface area contributed by atoms with E-state index < -0.39 is 0 Å². The first-order chi connectivity index (χ1) is 15.9. The molecule has 0 spiro atoms. The van der Waals surface area contributed by atoms with Crippen LogP contribution >= 0.6 is 0 Å². The largest absolute Gasteiger partial charge is 0.370 e. The molecule has 0 bridgehead atoms. The second kappa shape index (κ2) is 8.48. The maximum atomic E-state index is 13.3. The number of likely N-dealkylation sites (tertiary alicyclic amines) is 1. The number of hydrogen-bond donors (Lipinski definition) is 0. The van der Waals surface area contributed by atoms with E-state index in [1.807, 2.05) is 61.1 Å². The topological polar surface area (TPSA) is 57.0 Å². The van der Waals surface area contributed by atoms with Gasteiger partial charge in [-0.2, -0.15) is 5.10 Å². The average molecular weight is 443 g/mol. The van der Waals surface area contributed by atoms with Crippen molar-refractivity contribution in [3.8, 4) is 0 Å². The van der Waals surface area contributed by atoms with Crippen LogP contribution in [-0.2, 0) is 4.79 Å². The van der Waals surface area contributed by atoms with Gasteiger partial charge in [0, 0.05) is 42.7 Å². The molecule has 2 aromatic rings. The summed E-state index contributed by atoms with van der Waals surface area (Å²) in [7, 11) is 4.30. The van der Waals surface area contributed by atoms with Crippen LogP contribution in [0.4, 0.5) is 0 Å². The predicted molar refractivity (Wildman–Crippen MR) is 130 cm³/mol. The van der Waals surface area contributed by atoms with E-state index in [4.69, 9.17) is 5.10 Å². The molecule has 1 saturated heterocycles. The number of fused-ring (bicyclic) bond motifs is 2. The van der Waals surface area contributed by atoms with Gasteiger partial charge in [-0.3, -0.25) is 14.7 Å². The molecule has 3 aliphatic rings. The molecule has 33 heavy (non-hydrogen) atoms. The standard InChI is InChI=1S/C26H30N6O/c1-18-16-32-25(19(2)27-18)15-24(28-32)20-6-5-7-22-8-9-23(17-31(22)26(33)14-20)30-12-10-21(11-13-30)29(3)4/h5-9,14-17,21H,10-13H2,1-4H3/b6-5?,20-14?,22-7+. The maximum absolute atomic E-state index is 13.3. The van der Waals surface area contributed by atoms with Gasteiger partial charge in [-0.05, 0) is 65.1 Å². The normalized spacial score (nSPS) is 21.0. The number of aromatic nitrogens is 3. The molecular weight excluding hydrogens is 412 g/mol. The molecular formula is C26H30N6O. The van der Waals surface area contributed by atoms with E-state index in [2.05, 4.69) is 35.0 Å². The van der Waals surface area contributed by atoms with Crippen molar-refractivity contribution in [1.29, 1.82) is 0 Å². The molecule has 0 aliphatic carbocycles. The van der Waals surface area contributed by atoms with E-state index in [0.29, 0.717) is 6.04 Å². The van der Waals surface area contributed by atoms with Crippen molar-refractivity contribution in [2.45, 2.75) is 32.7 Å². The van der Waals surface area contributed by atoms with Gasteiger partial charge in [0.15, 0.2) is 0 Å². The lowest BCUT2D eigenvalue weighted by atomic mass is 10.0. The highest BCUT2D eigenvalue weighted by Gasteiger charge is 2.25. The van der Waals surface area contributed by atoms with Crippen LogP contribution < -0.4 is 0 Å². The summed E-state index contributed by atoms with van der Waals surface area (Å²) in [6, 6.07) is 2.61. The average Bonchev–Trinajstić information content (AvgIpc) is 3.21. The second-order valence-electron chi connectivity index (χ2n) is 9.15. The Hall–Kier alpha value is -3.45. The SMILES string of the molecule is Cc1cn2nc(C3=CC(=O)N4C=C(N5CCC(N(C)C)CC5)C=C/C4=C\C=C3)cc2c(C)n1. The molecule has 5 heterocycles. The van der Waals surface area contributed by atoms with E-state index in [-0.39, 0.29) is 5.91 Å². The van der Waals surface area contributed by atoms with Crippen molar-refractivity contribution in [1.82, 2.24) is 29.3 Å². The fourth-order valence-electron chi connectivity index (χ4n) is 4.75. The smallest absolute Gasteiger partial charge is 0.255 e. The molecule has 0 N–H and O–H groups in total. The summed E-state index contributed by atoms with van der Waals surface area (Å²) in [5, 5.41) is 4.70. The summed E-state index contributed by atoms with van der Waals surface area (Å²) in [4.78, 5) is 24.3. The molecule has 0 unspecified atom stereocenters. The Kier molecular flexibility index (Phi) is 5.50. The second-order valence-corrected chi connectivity index (χ2v) is 9.15. The molecule has 0 radical (unpaired) electrons. The molecule has 0 atom stereocenters. The number of aryl methyl sites for hydroxylation is 2. The highest BCUT2D eigenvalue weighted by atomic mass is 16.2. The van der Waals surface area contributed by atoms with Gasteiger partial charge in [0.25, 0.3) is 5.91 Å². The molecule has 7 nitrogen and oxygen atoms in total.